The van der Waals surface area contributed by atoms with Gasteiger partial charge in [-0.1, -0.05) is 5.16 Å². The van der Waals surface area contributed by atoms with Gasteiger partial charge in [0.25, 0.3) is 16.1 Å². The molecule has 0 unspecified atom stereocenters. The summed E-state index contributed by atoms with van der Waals surface area (Å²) in [5, 5.41) is 9.09. The van der Waals surface area contributed by atoms with Gasteiger partial charge < -0.3 is 9.26 Å². The SMILES string of the molecule is NS(=O)(=O)N1CCC2(CC1)C[C@H]2c1noc(-c2ccc(F)cc2OC(F)F)n1. The van der Waals surface area contributed by atoms with Gasteiger partial charge in [0.05, 0.1) is 5.56 Å². The summed E-state index contributed by atoms with van der Waals surface area (Å²) in [5.41, 5.74) is -0.0489. The van der Waals surface area contributed by atoms with E-state index < -0.39 is 28.4 Å². The van der Waals surface area contributed by atoms with Crippen LogP contribution >= 0.6 is 0 Å². The lowest BCUT2D eigenvalue weighted by Crippen LogP contribution is -2.43. The third-order valence-corrected chi connectivity index (χ3v) is 6.50. The maximum absolute atomic E-state index is 13.4. The van der Waals surface area contributed by atoms with Crippen LogP contribution in [0, 0.1) is 11.2 Å². The van der Waals surface area contributed by atoms with Crippen LogP contribution in [0.4, 0.5) is 13.2 Å². The Kier molecular flexibility index (Phi) is 4.59. The highest BCUT2D eigenvalue weighted by molar-refractivity contribution is 7.86. The van der Waals surface area contributed by atoms with E-state index in [4.69, 9.17) is 9.66 Å². The first-order valence-electron chi connectivity index (χ1n) is 8.54. The number of nitrogens with two attached hydrogens (primary N) is 1. The maximum Gasteiger partial charge on any atom is 0.387 e. The number of piperidine rings is 1. The van der Waals surface area contributed by atoms with Crippen LogP contribution in [0.1, 0.15) is 31.0 Å². The summed E-state index contributed by atoms with van der Waals surface area (Å²) in [6.45, 7) is -2.48. The zero-order valence-electron chi connectivity index (χ0n) is 14.5. The fourth-order valence-corrected chi connectivity index (χ4v) is 4.50. The Labute approximate surface area is 158 Å². The molecule has 0 radical (unpaired) electrons. The predicted octanol–water partition coefficient (Wildman–Crippen LogP) is 2.25. The number of hydrogen-bond acceptors (Lipinski definition) is 6. The van der Waals surface area contributed by atoms with E-state index in [1.807, 2.05) is 0 Å². The Balaban J connectivity index is 1.51. The standard InChI is InChI=1S/C16H17F3N4O4S/c17-9-1-2-10(12(7-9)26-15(18)19)14-21-13(22-27-14)11-8-16(11)3-5-23(6-4-16)28(20,24)25/h1-2,7,11,15H,3-6,8H2,(H2,20,24,25)/t11-/m0/s1. The molecule has 2 aliphatic rings. The molecular weight excluding hydrogens is 401 g/mol. The molecule has 12 heteroatoms. The number of benzene rings is 1. The van der Waals surface area contributed by atoms with Gasteiger partial charge in [0.1, 0.15) is 11.6 Å². The highest BCUT2D eigenvalue weighted by Crippen LogP contribution is 2.64. The number of aromatic nitrogens is 2. The van der Waals surface area contributed by atoms with Crippen LogP contribution in [0.15, 0.2) is 22.7 Å². The fourth-order valence-electron chi connectivity index (χ4n) is 3.80. The summed E-state index contributed by atoms with van der Waals surface area (Å²) >= 11 is 0. The average molecular weight is 418 g/mol. The van der Waals surface area contributed by atoms with Crippen molar-refractivity contribution in [2.75, 3.05) is 13.1 Å². The van der Waals surface area contributed by atoms with Crippen LogP contribution in [-0.2, 0) is 10.2 Å². The molecule has 1 spiro atoms. The van der Waals surface area contributed by atoms with Crippen LogP contribution < -0.4 is 9.88 Å². The van der Waals surface area contributed by atoms with E-state index in [9.17, 15) is 21.6 Å². The number of ether oxygens (including phenoxy) is 1. The number of rotatable bonds is 5. The molecule has 2 N–H and O–H groups in total. The molecule has 2 fully saturated rings. The summed E-state index contributed by atoms with van der Waals surface area (Å²) in [7, 11) is -3.70. The van der Waals surface area contributed by atoms with Gasteiger partial charge in [0.15, 0.2) is 5.82 Å². The second kappa shape index (κ2) is 6.71. The minimum absolute atomic E-state index is 0.0208. The Hall–Kier alpha value is -2.18. The molecule has 4 rings (SSSR count). The topological polar surface area (TPSA) is 112 Å². The Morgan fingerprint density at radius 1 is 1.32 bits per heavy atom. The predicted molar refractivity (Wildman–Crippen MR) is 90.0 cm³/mol. The zero-order valence-corrected chi connectivity index (χ0v) is 15.3. The van der Waals surface area contributed by atoms with Gasteiger partial charge >= 0.3 is 6.61 Å². The molecule has 2 heterocycles. The molecule has 1 aliphatic carbocycles. The van der Waals surface area contributed by atoms with Crippen molar-refractivity contribution in [3.05, 3.63) is 29.8 Å². The smallest absolute Gasteiger partial charge is 0.387 e. The molecule has 2 aromatic rings. The summed E-state index contributed by atoms with van der Waals surface area (Å²) in [4.78, 5) is 4.28. The monoisotopic (exact) mass is 418 g/mol. The van der Waals surface area contributed by atoms with Crippen molar-refractivity contribution in [1.82, 2.24) is 14.4 Å². The third-order valence-electron chi connectivity index (χ3n) is 5.41. The van der Waals surface area contributed by atoms with Crippen molar-refractivity contribution in [3.8, 4) is 17.2 Å². The van der Waals surface area contributed by atoms with E-state index in [1.165, 1.54) is 10.4 Å². The normalized spacial score (nSPS) is 22.0. The highest BCUT2D eigenvalue weighted by atomic mass is 32.2. The molecule has 1 saturated carbocycles. The number of nitrogens with zero attached hydrogens (tertiary/aromatic N) is 3. The van der Waals surface area contributed by atoms with Crippen LogP contribution in [0.3, 0.4) is 0 Å². The lowest BCUT2D eigenvalue weighted by atomic mass is 9.92. The van der Waals surface area contributed by atoms with Crippen LogP contribution in [-0.4, -0.2) is 42.6 Å². The van der Waals surface area contributed by atoms with Crippen molar-refractivity contribution in [2.45, 2.75) is 31.8 Å². The van der Waals surface area contributed by atoms with Crippen LogP contribution in [0.25, 0.3) is 11.5 Å². The minimum Gasteiger partial charge on any atom is -0.434 e. The molecule has 152 valence electrons. The summed E-state index contributed by atoms with van der Waals surface area (Å²) < 4.78 is 72.2. The molecule has 0 amide bonds. The van der Waals surface area contributed by atoms with E-state index in [2.05, 4.69) is 14.9 Å². The first-order valence-corrected chi connectivity index (χ1v) is 10.0. The quantitative estimate of drug-likeness (QED) is 0.797. The zero-order chi connectivity index (χ0) is 20.1. The van der Waals surface area contributed by atoms with Crippen molar-refractivity contribution >= 4 is 10.2 Å². The van der Waals surface area contributed by atoms with Gasteiger partial charge in [-0.25, -0.2) is 9.53 Å². The van der Waals surface area contributed by atoms with E-state index in [0.717, 1.165) is 18.6 Å². The lowest BCUT2D eigenvalue weighted by Gasteiger charge is -2.30. The largest absolute Gasteiger partial charge is 0.434 e. The molecule has 1 saturated heterocycles. The van der Waals surface area contributed by atoms with Gasteiger partial charge in [-0.3, -0.25) is 0 Å². The number of halogens is 3. The molecule has 8 nitrogen and oxygen atoms in total. The molecular formula is C16H17F3N4O4S. The highest BCUT2D eigenvalue weighted by Gasteiger charge is 2.58. The maximum atomic E-state index is 13.4. The van der Waals surface area contributed by atoms with Gasteiger partial charge in [-0.2, -0.15) is 26.5 Å². The van der Waals surface area contributed by atoms with Gasteiger partial charge in [0, 0.05) is 25.1 Å². The summed E-state index contributed by atoms with van der Waals surface area (Å²) in [5.74, 6) is -0.785. The van der Waals surface area contributed by atoms with Crippen molar-refractivity contribution in [2.24, 2.45) is 10.6 Å². The summed E-state index contributed by atoms with van der Waals surface area (Å²) in [6.07, 6.45) is 2.01. The van der Waals surface area contributed by atoms with E-state index >= 15 is 0 Å². The molecule has 28 heavy (non-hydrogen) atoms. The Morgan fingerprint density at radius 3 is 2.68 bits per heavy atom. The van der Waals surface area contributed by atoms with Gasteiger partial charge in [0.2, 0.25) is 0 Å². The Morgan fingerprint density at radius 2 is 2.04 bits per heavy atom. The fraction of sp³-hybridized carbons (Fsp3) is 0.500. The minimum atomic E-state index is -3.70. The van der Waals surface area contributed by atoms with E-state index in [-0.39, 0.29) is 22.8 Å². The average Bonchev–Trinajstić information content (AvgIpc) is 3.08. The molecule has 1 aromatic heterocycles. The summed E-state index contributed by atoms with van der Waals surface area (Å²) in [6, 6.07) is 3.14. The third kappa shape index (κ3) is 3.59. The molecule has 1 aliphatic heterocycles. The van der Waals surface area contributed by atoms with E-state index in [1.54, 1.807) is 0 Å². The second-order valence-electron chi connectivity index (χ2n) is 7.04. The molecule has 1 aromatic carbocycles. The van der Waals surface area contributed by atoms with Gasteiger partial charge in [-0.05, 0) is 36.8 Å². The van der Waals surface area contributed by atoms with Crippen molar-refractivity contribution in [3.63, 3.8) is 0 Å². The first kappa shape index (κ1) is 19.2. The van der Waals surface area contributed by atoms with E-state index in [0.29, 0.717) is 31.8 Å². The van der Waals surface area contributed by atoms with Crippen molar-refractivity contribution in [1.29, 1.82) is 0 Å². The van der Waals surface area contributed by atoms with Gasteiger partial charge in [-0.15, -0.1) is 0 Å². The number of hydrogen-bond donors (Lipinski definition) is 1. The van der Waals surface area contributed by atoms with Crippen LogP contribution in [0.5, 0.6) is 5.75 Å². The lowest BCUT2D eigenvalue weighted by molar-refractivity contribution is -0.0496. The first-order chi connectivity index (χ1) is 13.2. The molecule has 0 bridgehead atoms. The van der Waals surface area contributed by atoms with Crippen molar-refractivity contribution < 1.29 is 30.8 Å². The Bertz CT molecular complexity index is 990. The van der Waals surface area contributed by atoms with Crippen LogP contribution in [0.2, 0.25) is 0 Å². The molecule has 1 atom stereocenters. The second-order valence-corrected chi connectivity index (χ2v) is 8.59. The number of alkyl halides is 2.